The van der Waals surface area contributed by atoms with Gasteiger partial charge in [-0.2, -0.15) is 0 Å². The predicted octanol–water partition coefficient (Wildman–Crippen LogP) is 8.34. The molecule has 0 atom stereocenters. The molecule has 5 nitrogen and oxygen atoms in total. The normalized spacial score (nSPS) is 12.0. The number of hydrogen-bond donors (Lipinski definition) is 0. The summed E-state index contributed by atoms with van der Waals surface area (Å²) in [5, 5.41) is 0.391. The summed E-state index contributed by atoms with van der Waals surface area (Å²) in [6.07, 6.45) is 5.67. The van der Waals surface area contributed by atoms with Gasteiger partial charge in [0.05, 0.1) is 13.2 Å². The second-order valence-corrected chi connectivity index (χ2v) is 17.9. The van der Waals surface area contributed by atoms with Crippen molar-refractivity contribution in [3.05, 3.63) is 53.6 Å². The molecule has 8 heteroatoms. The maximum atomic E-state index is 11.1. The van der Waals surface area contributed by atoms with Gasteiger partial charge in [0.1, 0.15) is 17.2 Å². The van der Waals surface area contributed by atoms with E-state index in [-0.39, 0.29) is 15.3 Å². The number of carbonyl (C=O) groups is 2. The lowest BCUT2D eigenvalue weighted by Crippen LogP contribution is -2.43. The average molecular weight is 575 g/mol. The lowest BCUT2D eigenvalue weighted by atomic mass is 10.1. The molecule has 0 spiro atoms. The summed E-state index contributed by atoms with van der Waals surface area (Å²) in [7, 11) is -1.87. The zero-order valence-corrected chi connectivity index (χ0v) is 26.4. The highest BCUT2D eigenvalue weighted by Gasteiger charge is 2.38. The Hall–Kier alpha value is -2.16. The number of carbonyl (C=O) groups excluding carboxylic acids is 2. The number of hydrogen-bond acceptors (Lipinski definition) is 7. The van der Waals surface area contributed by atoms with Gasteiger partial charge in [-0.1, -0.05) is 68.6 Å². The smallest absolute Gasteiger partial charge is 0.250 e. The van der Waals surface area contributed by atoms with Crippen molar-refractivity contribution in [2.75, 3.05) is 24.7 Å². The fourth-order valence-electron chi connectivity index (χ4n) is 3.07. The summed E-state index contributed by atoms with van der Waals surface area (Å²) in [6, 6.07) is 14.1. The molecule has 208 valence electrons. The number of thioether (sulfide) groups is 2. The Morgan fingerprint density at radius 1 is 0.763 bits per heavy atom. The van der Waals surface area contributed by atoms with E-state index < -0.39 is 8.32 Å². The summed E-state index contributed by atoms with van der Waals surface area (Å²) in [6.45, 7) is 15.4. The van der Waals surface area contributed by atoms with Crippen molar-refractivity contribution in [1.29, 1.82) is 0 Å². The Bertz CT molecular complexity index is 1030. The summed E-state index contributed by atoms with van der Waals surface area (Å²) >= 11 is 2.63. The molecule has 0 N–H and O–H groups in total. The van der Waals surface area contributed by atoms with Crippen molar-refractivity contribution in [3.8, 4) is 17.2 Å². The molecule has 0 amide bonds. The van der Waals surface area contributed by atoms with Gasteiger partial charge in [0, 0.05) is 31.4 Å². The minimum atomic E-state index is -1.87. The summed E-state index contributed by atoms with van der Waals surface area (Å²) < 4.78 is 18.3. The highest BCUT2D eigenvalue weighted by atomic mass is 32.2. The predicted molar refractivity (Wildman–Crippen MR) is 166 cm³/mol. The van der Waals surface area contributed by atoms with Gasteiger partial charge in [-0.15, -0.1) is 0 Å². The Labute approximate surface area is 238 Å². The van der Waals surface area contributed by atoms with Gasteiger partial charge in [-0.25, -0.2) is 0 Å². The summed E-state index contributed by atoms with van der Waals surface area (Å²) in [4.78, 5) is 22.3. The van der Waals surface area contributed by atoms with E-state index in [9.17, 15) is 9.59 Å². The first kappa shape index (κ1) is 32.1. The van der Waals surface area contributed by atoms with Gasteiger partial charge in [0.15, 0.2) is 10.2 Å². The Balaban J connectivity index is 2.08. The second kappa shape index (κ2) is 15.4. The SMILES string of the molecule is CC(=O)SCCCOc1cc(/C=C/c2ccc(O[Si](C)(C)C(C)(C)C)cc2)cc(OCCCSC(C)=O)c1. The fourth-order valence-corrected chi connectivity index (χ4v) is 5.20. The molecular weight excluding hydrogens is 533 g/mol. The van der Waals surface area contributed by atoms with Gasteiger partial charge in [0.2, 0.25) is 8.32 Å². The van der Waals surface area contributed by atoms with Crippen LogP contribution in [0.25, 0.3) is 12.2 Å². The average Bonchev–Trinajstić information content (AvgIpc) is 2.82. The number of ether oxygens (including phenoxy) is 2. The van der Waals surface area contributed by atoms with E-state index in [1.54, 1.807) is 13.8 Å². The molecule has 2 aromatic rings. The van der Waals surface area contributed by atoms with Crippen molar-refractivity contribution >= 4 is 54.2 Å². The Kier molecular flexibility index (Phi) is 13.0. The van der Waals surface area contributed by atoms with Crippen LogP contribution in [0.1, 0.15) is 58.6 Å². The van der Waals surface area contributed by atoms with Crippen molar-refractivity contribution < 1.29 is 23.5 Å². The second-order valence-electron chi connectivity index (χ2n) is 10.6. The van der Waals surface area contributed by atoms with Crippen LogP contribution >= 0.6 is 23.5 Å². The molecule has 0 fully saturated rings. The first-order chi connectivity index (χ1) is 17.9. The molecule has 0 radical (unpaired) electrons. The summed E-state index contributed by atoms with van der Waals surface area (Å²) in [5.41, 5.74) is 2.04. The van der Waals surface area contributed by atoms with Crippen LogP contribution in [0.15, 0.2) is 42.5 Å². The van der Waals surface area contributed by atoms with Gasteiger partial charge >= 0.3 is 0 Å². The Morgan fingerprint density at radius 3 is 1.68 bits per heavy atom. The molecule has 2 aromatic carbocycles. The van der Waals surface area contributed by atoms with E-state index in [0.717, 1.165) is 52.7 Å². The molecule has 2 rings (SSSR count). The van der Waals surface area contributed by atoms with E-state index >= 15 is 0 Å². The largest absolute Gasteiger partial charge is 0.544 e. The third-order valence-corrected chi connectivity index (χ3v) is 12.3. The zero-order valence-electron chi connectivity index (χ0n) is 23.8. The van der Waals surface area contributed by atoms with Crippen LogP contribution in [0.4, 0.5) is 0 Å². The van der Waals surface area contributed by atoms with Crippen LogP contribution in [-0.2, 0) is 9.59 Å². The van der Waals surface area contributed by atoms with E-state index in [4.69, 9.17) is 13.9 Å². The van der Waals surface area contributed by atoms with Crippen LogP contribution in [0.3, 0.4) is 0 Å². The van der Waals surface area contributed by atoms with Gasteiger partial charge < -0.3 is 13.9 Å². The minimum absolute atomic E-state index is 0.121. The van der Waals surface area contributed by atoms with Crippen LogP contribution in [0, 0.1) is 0 Å². The number of rotatable bonds is 14. The zero-order chi connectivity index (χ0) is 28.2. The Morgan fingerprint density at radius 2 is 1.24 bits per heavy atom. The third kappa shape index (κ3) is 12.1. The van der Waals surface area contributed by atoms with Crippen LogP contribution in [-0.4, -0.2) is 43.3 Å². The van der Waals surface area contributed by atoms with Crippen molar-refractivity contribution in [2.24, 2.45) is 0 Å². The monoisotopic (exact) mass is 574 g/mol. The molecule has 38 heavy (non-hydrogen) atoms. The standard InChI is InChI=1S/C30H42O5S2Si/c1-23(31)36-18-8-16-33-28-20-26(21-29(22-28)34-17-9-19-37-24(2)32)11-10-25-12-14-27(15-13-25)35-38(6,7)30(3,4)5/h10-15,20-22H,8-9,16-19H2,1-7H3/b11-10+. The minimum Gasteiger partial charge on any atom is -0.544 e. The maximum Gasteiger partial charge on any atom is 0.250 e. The molecule has 0 unspecified atom stereocenters. The van der Waals surface area contributed by atoms with E-state index in [0.29, 0.717) is 13.2 Å². The van der Waals surface area contributed by atoms with Crippen molar-refractivity contribution in [3.63, 3.8) is 0 Å². The van der Waals surface area contributed by atoms with Crippen LogP contribution < -0.4 is 13.9 Å². The van der Waals surface area contributed by atoms with E-state index in [1.165, 1.54) is 23.5 Å². The molecule has 0 bridgehead atoms. The fraction of sp³-hybridized carbons (Fsp3) is 0.467. The lowest BCUT2D eigenvalue weighted by molar-refractivity contribution is -0.109. The van der Waals surface area contributed by atoms with E-state index in [1.807, 2.05) is 36.4 Å². The molecule has 0 heterocycles. The topological polar surface area (TPSA) is 61.8 Å². The van der Waals surface area contributed by atoms with Crippen LogP contribution in [0.5, 0.6) is 17.2 Å². The maximum absolute atomic E-state index is 11.1. The highest BCUT2D eigenvalue weighted by molar-refractivity contribution is 8.13. The summed E-state index contributed by atoms with van der Waals surface area (Å²) in [5.74, 6) is 3.84. The third-order valence-electron chi connectivity index (χ3n) is 6.16. The highest BCUT2D eigenvalue weighted by Crippen LogP contribution is 2.37. The van der Waals surface area contributed by atoms with Crippen molar-refractivity contribution in [2.45, 2.75) is 65.6 Å². The molecule has 0 aliphatic rings. The molecule has 0 aliphatic heterocycles. The number of benzene rings is 2. The van der Waals surface area contributed by atoms with E-state index in [2.05, 4.69) is 52.1 Å². The van der Waals surface area contributed by atoms with Gasteiger partial charge in [-0.05, 0) is 66.4 Å². The van der Waals surface area contributed by atoms with Gasteiger partial charge in [-0.3, -0.25) is 9.59 Å². The van der Waals surface area contributed by atoms with Gasteiger partial charge in [0.25, 0.3) is 0 Å². The van der Waals surface area contributed by atoms with Crippen LogP contribution in [0.2, 0.25) is 18.1 Å². The quantitative estimate of drug-likeness (QED) is 0.128. The molecule has 0 aliphatic carbocycles. The lowest BCUT2D eigenvalue weighted by Gasteiger charge is -2.36. The van der Waals surface area contributed by atoms with Crippen molar-refractivity contribution in [1.82, 2.24) is 0 Å². The molecular formula is C30H42O5S2Si. The first-order valence-electron chi connectivity index (χ1n) is 13.0. The molecule has 0 aromatic heterocycles. The molecule has 0 saturated heterocycles. The first-order valence-corrected chi connectivity index (χ1v) is 17.9. The molecule has 0 saturated carbocycles.